The maximum absolute atomic E-state index is 13.3. The van der Waals surface area contributed by atoms with Crippen LogP contribution >= 0.6 is 11.3 Å². The van der Waals surface area contributed by atoms with Gasteiger partial charge >= 0.3 is 6.18 Å². The summed E-state index contributed by atoms with van der Waals surface area (Å²) < 4.78 is 50.7. The number of amides is 1. The van der Waals surface area contributed by atoms with Gasteiger partial charge in [0, 0.05) is 58.8 Å². The fraction of sp³-hybridized carbons (Fsp3) is 0.407. The van der Waals surface area contributed by atoms with Crippen molar-refractivity contribution in [2.75, 3.05) is 13.2 Å². The number of hydrogen-bond acceptors (Lipinski definition) is 8. The Morgan fingerprint density at radius 1 is 1.15 bits per heavy atom. The number of halogens is 3. The molecule has 1 fully saturated rings. The predicted molar refractivity (Wildman–Crippen MR) is 139 cm³/mol. The summed E-state index contributed by atoms with van der Waals surface area (Å²) in [5.74, 6) is -0.199. The lowest BCUT2D eigenvalue weighted by atomic mass is 9.95. The van der Waals surface area contributed by atoms with Crippen molar-refractivity contribution < 1.29 is 27.4 Å². The van der Waals surface area contributed by atoms with Crippen molar-refractivity contribution in [3.63, 3.8) is 0 Å². The molecule has 0 spiro atoms. The predicted octanol–water partition coefficient (Wildman–Crippen LogP) is 5.38. The molecule has 8 nitrogen and oxygen atoms in total. The van der Waals surface area contributed by atoms with Gasteiger partial charge in [0.1, 0.15) is 16.9 Å². The summed E-state index contributed by atoms with van der Waals surface area (Å²) in [6, 6.07) is 4.93. The van der Waals surface area contributed by atoms with E-state index in [0.717, 1.165) is 40.3 Å². The third-order valence-electron chi connectivity index (χ3n) is 6.64. The number of aryl methyl sites for hydroxylation is 1. The highest BCUT2D eigenvalue weighted by atomic mass is 32.1. The lowest BCUT2D eigenvalue weighted by Crippen LogP contribution is -2.51. The molecule has 12 heteroatoms. The zero-order chi connectivity index (χ0) is 27.9. The number of aromatic nitrogens is 3. The van der Waals surface area contributed by atoms with Gasteiger partial charge in [-0.05, 0) is 45.9 Å². The highest BCUT2D eigenvalue weighted by Gasteiger charge is 2.38. The van der Waals surface area contributed by atoms with Gasteiger partial charge in [-0.3, -0.25) is 4.79 Å². The number of ether oxygens (including phenoxy) is 2. The average Bonchev–Trinajstić information content (AvgIpc) is 3.34. The van der Waals surface area contributed by atoms with E-state index in [1.54, 1.807) is 25.3 Å². The normalized spacial score (nSPS) is 19.5. The molecular formula is C27H28F3N5O3S. The Kier molecular flexibility index (Phi) is 7.23. The standard InChI is InChI=1S/C27H28F3N5O3S/c1-14(2)35-12-20-13-37-23(35)8-22(20)38-21-6-17(5-18(7-21)25-31-9-15(3)39-25)24(36)34-16(4)19-10-32-26(33-11-19)27(28,29)30/h5-11,14,16,20,22H,12-13H2,1-4H3,(H,34,36)/t16-,20?,22?/m1/s1. The van der Waals surface area contributed by atoms with Crippen LogP contribution in [0.1, 0.15) is 53.4 Å². The first-order valence-electron chi connectivity index (χ1n) is 12.5. The van der Waals surface area contributed by atoms with Crippen molar-refractivity contribution in [3.05, 3.63) is 70.6 Å². The maximum atomic E-state index is 13.3. The molecule has 2 bridgehead atoms. The maximum Gasteiger partial charge on any atom is 0.451 e. The van der Waals surface area contributed by atoms with Crippen molar-refractivity contribution in [1.82, 2.24) is 25.2 Å². The molecule has 39 heavy (non-hydrogen) atoms. The van der Waals surface area contributed by atoms with Gasteiger partial charge in [-0.25, -0.2) is 15.0 Å². The van der Waals surface area contributed by atoms with Gasteiger partial charge in [0.05, 0.1) is 18.6 Å². The summed E-state index contributed by atoms with van der Waals surface area (Å²) in [5.41, 5.74) is 1.41. The number of nitrogens with one attached hydrogen (secondary N) is 1. The zero-order valence-electron chi connectivity index (χ0n) is 21.8. The summed E-state index contributed by atoms with van der Waals surface area (Å²) in [6.45, 7) is 9.21. The number of rotatable bonds is 7. The van der Waals surface area contributed by atoms with E-state index in [1.807, 2.05) is 19.1 Å². The minimum absolute atomic E-state index is 0.132. The van der Waals surface area contributed by atoms with Crippen LogP contribution in [0.5, 0.6) is 5.75 Å². The first-order valence-corrected chi connectivity index (χ1v) is 13.4. The first-order chi connectivity index (χ1) is 18.5. The van der Waals surface area contributed by atoms with Gasteiger partial charge in [-0.1, -0.05) is 0 Å². The van der Waals surface area contributed by atoms with E-state index in [1.165, 1.54) is 11.3 Å². The Hall–Kier alpha value is -3.67. The average molecular weight is 560 g/mol. The molecule has 3 aromatic rings. The topological polar surface area (TPSA) is 89.5 Å². The fourth-order valence-electron chi connectivity index (χ4n) is 4.52. The number of thiazole rings is 1. The van der Waals surface area contributed by atoms with Gasteiger partial charge in [0.25, 0.3) is 5.91 Å². The zero-order valence-corrected chi connectivity index (χ0v) is 22.6. The second-order valence-corrected chi connectivity index (χ2v) is 11.2. The van der Waals surface area contributed by atoms with Gasteiger partial charge in [-0.15, -0.1) is 11.3 Å². The van der Waals surface area contributed by atoms with Crippen molar-refractivity contribution in [2.24, 2.45) is 5.92 Å². The minimum Gasteiger partial charge on any atom is -0.486 e. The third kappa shape index (κ3) is 5.85. The Labute approximate surface area is 227 Å². The quantitative estimate of drug-likeness (QED) is 0.416. The largest absolute Gasteiger partial charge is 0.486 e. The van der Waals surface area contributed by atoms with E-state index >= 15 is 0 Å². The van der Waals surface area contributed by atoms with Crippen LogP contribution in [0.3, 0.4) is 0 Å². The molecule has 1 N–H and O–H groups in total. The summed E-state index contributed by atoms with van der Waals surface area (Å²) in [5, 5.41) is 3.56. The molecule has 5 heterocycles. The SMILES string of the molecule is Cc1cnc(-c2cc(OC3C=C4OCC3CN4C(C)C)cc(C(=O)N[C@H](C)c3cnc(C(F)(F)F)nc3)c2)s1. The molecule has 1 aromatic carbocycles. The van der Waals surface area contributed by atoms with Crippen LogP contribution in [0.4, 0.5) is 13.2 Å². The lowest BCUT2D eigenvalue weighted by Gasteiger charge is -2.45. The van der Waals surface area contributed by atoms with Gasteiger partial charge < -0.3 is 19.7 Å². The molecule has 0 aliphatic carbocycles. The van der Waals surface area contributed by atoms with E-state index < -0.39 is 23.9 Å². The van der Waals surface area contributed by atoms with Crippen molar-refractivity contribution in [3.8, 4) is 16.3 Å². The number of benzene rings is 1. The molecule has 3 aliphatic heterocycles. The van der Waals surface area contributed by atoms with Crippen LogP contribution in [0.25, 0.3) is 10.6 Å². The molecule has 3 aliphatic rings. The lowest BCUT2D eigenvalue weighted by molar-refractivity contribution is -0.145. The van der Waals surface area contributed by atoms with Crippen LogP contribution in [-0.2, 0) is 10.9 Å². The van der Waals surface area contributed by atoms with Crippen LogP contribution in [0.2, 0.25) is 0 Å². The number of fused-ring (bicyclic) bond motifs is 3. The molecule has 1 amide bonds. The van der Waals surface area contributed by atoms with Crippen molar-refractivity contribution >= 4 is 17.2 Å². The van der Waals surface area contributed by atoms with Gasteiger partial charge in [-0.2, -0.15) is 13.2 Å². The summed E-state index contributed by atoms with van der Waals surface area (Å²) in [7, 11) is 0. The summed E-state index contributed by atoms with van der Waals surface area (Å²) in [6.07, 6.45) is 1.03. The second-order valence-electron chi connectivity index (χ2n) is 9.96. The van der Waals surface area contributed by atoms with E-state index in [-0.39, 0.29) is 12.0 Å². The van der Waals surface area contributed by atoms with E-state index in [4.69, 9.17) is 9.47 Å². The van der Waals surface area contributed by atoms with Crippen LogP contribution in [0.15, 0.2) is 48.7 Å². The summed E-state index contributed by atoms with van der Waals surface area (Å²) >= 11 is 1.50. The Morgan fingerprint density at radius 2 is 1.90 bits per heavy atom. The number of hydrogen-bond donors (Lipinski definition) is 1. The van der Waals surface area contributed by atoms with Crippen molar-refractivity contribution in [2.45, 2.75) is 52.1 Å². The highest BCUT2D eigenvalue weighted by molar-refractivity contribution is 7.14. The molecule has 6 rings (SSSR count). The van der Waals surface area contributed by atoms with Crippen LogP contribution in [-0.4, -0.2) is 51.1 Å². The van der Waals surface area contributed by atoms with E-state index in [0.29, 0.717) is 29.5 Å². The Bertz CT molecular complexity index is 1390. The number of nitrogens with zero attached hydrogens (tertiary/aromatic N) is 4. The molecule has 3 atom stereocenters. The first kappa shape index (κ1) is 26.9. The molecule has 2 unspecified atom stereocenters. The monoisotopic (exact) mass is 559 g/mol. The third-order valence-corrected chi connectivity index (χ3v) is 7.60. The number of carbonyl (C=O) groups excluding carboxylic acids is 1. The fourth-order valence-corrected chi connectivity index (χ4v) is 5.28. The minimum atomic E-state index is -4.64. The Morgan fingerprint density at radius 3 is 2.49 bits per heavy atom. The van der Waals surface area contributed by atoms with Crippen LogP contribution in [0, 0.1) is 12.8 Å². The Balaban J connectivity index is 1.39. The number of alkyl halides is 3. The molecule has 206 valence electrons. The van der Waals surface area contributed by atoms with Gasteiger partial charge in [0.15, 0.2) is 5.88 Å². The smallest absolute Gasteiger partial charge is 0.451 e. The molecule has 2 aromatic heterocycles. The summed E-state index contributed by atoms with van der Waals surface area (Å²) in [4.78, 5) is 27.8. The number of carbonyl (C=O) groups is 1. The van der Waals surface area contributed by atoms with E-state index in [2.05, 4.69) is 39.0 Å². The van der Waals surface area contributed by atoms with Gasteiger partial charge in [0.2, 0.25) is 5.82 Å². The van der Waals surface area contributed by atoms with Crippen LogP contribution < -0.4 is 10.1 Å². The molecule has 1 saturated heterocycles. The van der Waals surface area contributed by atoms with E-state index in [9.17, 15) is 18.0 Å². The molecule has 0 saturated carbocycles. The molecule has 0 radical (unpaired) electrons. The second kappa shape index (κ2) is 10.5. The molecular weight excluding hydrogens is 531 g/mol. The van der Waals surface area contributed by atoms with Crippen molar-refractivity contribution in [1.29, 1.82) is 0 Å². The highest BCUT2D eigenvalue weighted by Crippen LogP contribution is 2.35.